The smallest absolute Gasteiger partial charge is 0.0546 e. The number of anilines is 3. The number of hydrogen-bond acceptors (Lipinski definition) is 1. The van der Waals surface area contributed by atoms with Gasteiger partial charge in [-0.25, -0.2) is 0 Å². The molecular weight excluding hydrogens is 555 g/mol. The van der Waals surface area contributed by atoms with Gasteiger partial charge in [-0.05, 0) is 111 Å². The van der Waals surface area contributed by atoms with E-state index in [1.165, 1.54) is 72.1 Å². The molecule has 1 aliphatic carbocycles. The minimum atomic E-state index is -0.105. The Kier molecular flexibility index (Phi) is 6.65. The second-order valence-electron chi connectivity index (χ2n) is 13.1. The maximum atomic E-state index is 2.48. The molecule has 0 heterocycles. The summed E-state index contributed by atoms with van der Waals surface area (Å²) in [7, 11) is 0. The average molecular weight is 592 g/mol. The number of hydrogen-bond donors (Lipinski definition) is 0. The molecule has 0 spiro atoms. The van der Waals surface area contributed by atoms with Crippen LogP contribution in [0.15, 0.2) is 152 Å². The second kappa shape index (κ2) is 10.9. The molecule has 7 aromatic rings. The van der Waals surface area contributed by atoms with E-state index < -0.39 is 0 Å². The highest BCUT2D eigenvalue weighted by Crippen LogP contribution is 2.52. The monoisotopic (exact) mass is 591 g/mol. The maximum Gasteiger partial charge on any atom is 0.0546 e. The van der Waals surface area contributed by atoms with Crippen molar-refractivity contribution in [3.8, 4) is 33.4 Å². The fraction of sp³-hybridized carbons (Fsp3) is 0.111. The van der Waals surface area contributed by atoms with Gasteiger partial charge in [0, 0.05) is 22.4 Å². The lowest BCUT2D eigenvalue weighted by molar-refractivity contribution is 0.660. The van der Waals surface area contributed by atoms with Crippen LogP contribution < -0.4 is 4.90 Å². The molecule has 7 aromatic carbocycles. The molecule has 0 atom stereocenters. The summed E-state index contributed by atoms with van der Waals surface area (Å²) in [5.41, 5.74) is 16.3. The first-order valence-electron chi connectivity index (χ1n) is 16.2. The summed E-state index contributed by atoms with van der Waals surface area (Å²) in [6, 6.07) is 55.8. The molecule has 0 radical (unpaired) electrons. The lowest BCUT2D eigenvalue weighted by atomic mass is 9.82. The van der Waals surface area contributed by atoms with Crippen LogP contribution in [0.25, 0.3) is 44.2 Å². The van der Waals surface area contributed by atoms with Crippen LogP contribution in [0.4, 0.5) is 17.1 Å². The Balaban J connectivity index is 1.42. The summed E-state index contributed by atoms with van der Waals surface area (Å²) in [5, 5.41) is 2.46. The van der Waals surface area contributed by atoms with Crippen LogP contribution in [0, 0.1) is 13.8 Å². The van der Waals surface area contributed by atoms with Crippen LogP contribution in [0.5, 0.6) is 0 Å². The summed E-state index contributed by atoms with van der Waals surface area (Å²) in [6.45, 7) is 9.20. The molecule has 1 aliphatic rings. The van der Waals surface area contributed by atoms with Crippen molar-refractivity contribution in [3.63, 3.8) is 0 Å². The quantitative estimate of drug-likeness (QED) is 0.192. The molecule has 0 unspecified atom stereocenters. The molecule has 1 heteroatoms. The van der Waals surface area contributed by atoms with Crippen molar-refractivity contribution in [2.45, 2.75) is 33.1 Å². The van der Waals surface area contributed by atoms with Crippen LogP contribution in [0.2, 0.25) is 0 Å². The van der Waals surface area contributed by atoms with Crippen LogP contribution in [-0.4, -0.2) is 0 Å². The van der Waals surface area contributed by atoms with Gasteiger partial charge in [0.1, 0.15) is 0 Å². The molecule has 0 N–H and O–H groups in total. The number of fused-ring (bicyclic) bond motifs is 4. The van der Waals surface area contributed by atoms with Crippen LogP contribution in [0.3, 0.4) is 0 Å². The molecule has 46 heavy (non-hydrogen) atoms. The maximum absolute atomic E-state index is 2.48. The minimum Gasteiger partial charge on any atom is -0.310 e. The molecule has 0 bridgehead atoms. The molecule has 0 saturated heterocycles. The Labute approximate surface area is 272 Å². The normalized spacial score (nSPS) is 13.0. The summed E-state index contributed by atoms with van der Waals surface area (Å²) in [6.07, 6.45) is 0. The van der Waals surface area contributed by atoms with Gasteiger partial charge in [0.15, 0.2) is 0 Å². The number of benzene rings is 7. The van der Waals surface area contributed by atoms with E-state index in [-0.39, 0.29) is 5.41 Å². The summed E-state index contributed by atoms with van der Waals surface area (Å²) < 4.78 is 0. The zero-order chi connectivity index (χ0) is 31.4. The van der Waals surface area contributed by atoms with Crippen LogP contribution in [0.1, 0.15) is 36.1 Å². The van der Waals surface area contributed by atoms with E-state index in [1.54, 1.807) is 0 Å². The Morgan fingerprint density at radius 2 is 1.09 bits per heavy atom. The first kappa shape index (κ1) is 28.1. The highest BCUT2D eigenvalue weighted by molar-refractivity contribution is 5.99. The topological polar surface area (TPSA) is 3.24 Å². The van der Waals surface area contributed by atoms with E-state index in [0.29, 0.717) is 0 Å². The molecule has 0 aromatic heterocycles. The molecule has 8 rings (SSSR count). The van der Waals surface area contributed by atoms with Gasteiger partial charge in [0.2, 0.25) is 0 Å². The first-order valence-corrected chi connectivity index (χ1v) is 16.2. The van der Waals surface area contributed by atoms with E-state index in [9.17, 15) is 0 Å². The number of nitrogens with zero attached hydrogens (tertiary/aromatic N) is 1. The number of aryl methyl sites for hydroxylation is 2. The highest BCUT2D eigenvalue weighted by atomic mass is 15.1. The molecule has 0 saturated carbocycles. The average Bonchev–Trinajstić information content (AvgIpc) is 3.32. The zero-order valence-corrected chi connectivity index (χ0v) is 26.9. The van der Waals surface area contributed by atoms with Gasteiger partial charge in [-0.3, -0.25) is 0 Å². The summed E-state index contributed by atoms with van der Waals surface area (Å²) in [4.78, 5) is 2.48. The van der Waals surface area contributed by atoms with E-state index in [2.05, 4.69) is 184 Å². The lowest BCUT2D eigenvalue weighted by Gasteiger charge is -2.31. The van der Waals surface area contributed by atoms with Crippen molar-refractivity contribution in [1.29, 1.82) is 0 Å². The number of rotatable bonds is 5. The first-order chi connectivity index (χ1) is 22.4. The molecular formula is C45H37N. The van der Waals surface area contributed by atoms with Crippen molar-refractivity contribution < 1.29 is 0 Å². The third-order valence-electron chi connectivity index (χ3n) is 9.90. The Morgan fingerprint density at radius 3 is 1.89 bits per heavy atom. The van der Waals surface area contributed by atoms with Crippen molar-refractivity contribution in [2.24, 2.45) is 0 Å². The van der Waals surface area contributed by atoms with E-state index in [0.717, 1.165) is 11.4 Å². The van der Waals surface area contributed by atoms with Crippen molar-refractivity contribution in [1.82, 2.24) is 0 Å². The SMILES string of the molecule is Cc1ccccc1-c1cc2ccccc2cc1N(c1cccc(-c2ccccc2)c1)c1ccc2c(c1)C(C)(C)c1cccc(C)c1-2. The largest absolute Gasteiger partial charge is 0.310 e. The van der Waals surface area contributed by atoms with Crippen molar-refractivity contribution in [2.75, 3.05) is 4.90 Å². The Morgan fingerprint density at radius 1 is 0.435 bits per heavy atom. The fourth-order valence-electron chi connectivity index (χ4n) is 7.48. The van der Waals surface area contributed by atoms with Gasteiger partial charge >= 0.3 is 0 Å². The highest BCUT2D eigenvalue weighted by Gasteiger charge is 2.37. The molecule has 0 amide bonds. The fourth-order valence-corrected chi connectivity index (χ4v) is 7.48. The third kappa shape index (κ3) is 4.54. The van der Waals surface area contributed by atoms with Gasteiger partial charge in [0.05, 0.1) is 5.69 Å². The lowest BCUT2D eigenvalue weighted by Crippen LogP contribution is -2.17. The predicted molar refractivity (Wildman–Crippen MR) is 197 cm³/mol. The van der Waals surface area contributed by atoms with Crippen LogP contribution >= 0.6 is 0 Å². The molecule has 0 aliphatic heterocycles. The van der Waals surface area contributed by atoms with E-state index >= 15 is 0 Å². The minimum absolute atomic E-state index is 0.105. The van der Waals surface area contributed by atoms with Gasteiger partial charge < -0.3 is 4.90 Å². The summed E-state index contributed by atoms with van der Waals surface area (Å²) >= 11 is 0. The van der Waals surface area contributed by atoms with Crippen LogP contribution in [-0.2, 0) is 5.41 Å². The molecule has 1 nitrogen and oxygen atoms in total. The summed E-state index contributed by atoms with van der Waals surface area (Å²) in [5.74, 6) is 0. The Bertz CT molecular complexity index is 2260. The van der Waals surface area contributed by atoms with Gasteiger partial charge in [-0.1, -0.05) is 129 Å². The zero-order valence-electron chi connectivity index (χ0n) is 26.9. The van der Waals surface area contributed by atoms with E-state index in [1.807, 2.05) is 0 Å². The van der Waals surface area contributed by atoms with Gasteiger partial charge in [-0.15, -0.1) is 0 Å². The molecule has 222 valence electrons. The Hall–Kier alpha value is -5.40. The second-order valence-corrected chi connectivity index (χ2v) is 13.1. The van der Waals surface area contributed by atoms with E-state index in [4.69, 9.17) is 0 Å². The van der Waals surface area contributed by atoms with Crippen molar-refractivity contribution in [3.05, 3.63) is 174 Å². The molecule has 0 fully saturated rings. The third-order valence-corrected chi connectivity index (χ3v) is 9.90. The standard InChI is InChI=1S/C45H37N/c1-30-14-8-11-22-38(30)40-27-34-18-9-10-19-35(34)28-43(40)46(36-21-13-20-33(26-36)32-16-6-5-7-17-32)37-24-25-39-42(29-37)45(3,4)41-23-12-15-31(2)44(39)41/h5-29H,1-4H3. The van der Waals surface area contributed by atoms with Crippen molar-refractivity contribution >= 4 is 27.8 Å². The van der Waals surface area contributed by atoms with Gasteiger partial charge in [0.25, 0.3) is 0 Å². The predicted octanol–water partition coefficient (Wildman–Crippen LogP) is 12.6. The van der Waals surface area contributed by atoms with Gasteiger partial charge in [-0.2, -0.15) is 0 Å².